The van der Waals surface area contributed by atoms with Crippen molar-refractivity contribution in [2.75, 3.05) is 7.05 Å². The Morgan fingerprint density at radius 3 is 2.89 bits per heavy atom. The van der Waals surface area contributed by atoms with Gasteiger partial charge in [0.2, 0.25) is 0 Å². The lowest BCUT2D eigenvalue weighted by atomic mass is 10.2. The Bertz CT molecular complexity index is 515. The maximum absolute atomic E-state index is 13.1. The monoisotopic (exact) mass is 284 g/mol. The van der Waals surface area contributed by atoms with Gasteiger partial charge in [0.15, 0.2) is 0 Å². The quantitative estimate of drug-likeness (QED) is 0.779. The molecule has 0 fully saturated rings. The fraction of sp³-hybridized carbons (Fsp3) is 0.308. The SMILES string of the molecule is CN(Cc1cccc(F)c1)Cc1nc(CCl)cs1. The van der Waals surface area contributed by atoms with E-state index >= 15 is 0 Å². The van der Waals surface area contributed by atoms with Crippen LogP contribution < -0.4 is 0 Å². The van der Waals surface area contributed by atoms with E-state index in [0.29, 0.717) is 12.4 Å². The van der Waals surface area contributed by atoms with Crippen molar-refractivity contribution in [2.45, 2.75) is 19.0 Å². The molecule has 0 unspecified atom stereocenters. The molecule has 1 aromatic heterocycles. The predicted molar refractivity (Wildman–Crippen MR) is 73.2 cm³/mol. The van der Waals surface area contributed by atoms with E-state index in [1.54, 1.807) is 23.5 Å². The number of rotatable bonds is 5. The van der Waals surface area contributed by atoms with Gasteiger partial charge in [-0.2, -0.15) is 0 Å². The molecule has 1 heterocycles. The van der Waals surface area contributed by atoms with Crippen LogP contribution in [0.25, 0.3) is 0 Å². The third kappa shape index (κ3) is 3.77. The standard InChI is InChI=1S/C13H14ClFN2S/c1-17(7-10-3-2-4-11(15)5-10)8-13-16-12(6-14)9-18-13/h2-5,9H,6-8H2,1H3. The molecule has 0 saturated carbocycles. The first kappa shape index (κ1) is 13.5. The molecule has 0 aliphatic carbocycles. The summed E-state index contributed by atoms with van der Waals surface area (Å²) in [5.41, 5.74) is 1.88. The number of hydrogen-bond acceptors (Lipinski definition) is 3. The van der Waals surface area contributed by atoms with E-state index in [-0.39, 0.29) is 5.82 Å². The first-order valence-corrected chi connectivity index (χ1v) is 7.01. The summed E-state index contributed by atoms with van der Waals surface area (Å²) >= 11 is 7.32. The van der Waals surface area contributed by atoms with Crippen LogP contribution in [0.2, 0.25) is 0 Å². The van der Waals surface area contributed by atoms with Gasteiger partial charge in [-0.25, -0.2) is 9.37 Å². The van der Waals surface area contributed by atoms with Crippen LogP contribution in [0.4, 0.5) is 4.39 Å². The van der Waals surface area contributed by atoms with Gasteiger partial charge in [0.25, 0.3) is 0 Å². The van der Waals surface area contributed by atoms with Gasteiger partial charge in [-0.1, -0.05) is 12.1 Å². The molecule has 2 rings (SSSR count). The Morgan fingerprint density at radius 2 is 2.22 bits per heavy atom. The third-order valence-electron chi connectivity index (χ3n) is 2.48. The fourth-order valence-electron chi connectivity index (χ4n) is 1.72. The van der Waals surface area contributed by atoms with E-state index in [4.69, 9.17) is 11.6 Å². The molecule has 0 bridgehead atoms. The van der Waals surface area contributed by atoms with Crippen molar-refractivity contribution < 1.29 is 4.39 Å². The highest BCUT2D eigenvalue weighted by Gasteiger charge is 2.06. The largest absolute Gasteiger partial charge is 0.295 e. The molecule has 0 N–H and O–H groups in total. The number of nitrogens with zero attached hydrogens (tertiary/aromatic N) is 2. The van der Waals surface area contributed by atoms with Crippen molar-refractivity contribution in [2.24, 2.45) is 0 Å². The van der Waals surface area contributed by atoms with Crippen LogP contribution in [-0.2, 0) is 19.0 Å². The lowest BCUT2D eigenvalue weighted by molar-refractivity contribution is 0.318. The van der Waals surface area contributed by atoms with Crippen molar-refractivity contribution >= 4 is 22.9 Å². The van der Waals surface area contributed by atoms with Gasteiger partial charge in [0.1, 0.15) is 10.8 Å². The van der Waals surface area contributed by atoms with Crippen molar-refractivity contribution in [3.05, 3.63) is 51.7 Å². The van der Waals surface area contributed by atoms with Crippen molar-refractivity contribution in [1.82, 2.24) is 9.88 Å². The molecule has 0 amide bonds. The average molecular weight is 285 g/mol. The van der Waals surface area contributed by atoms with E-state index < -0.39 is 0 Å². The number of halogens is 2. The molecule has 96 valence electrons. The lowest BCUT2D eigenvalue weighted by Crippen LogP contribution is -2.17. The summed E-state index contributed by atoms with van der Waals surface area (Å²) in [6.07, 6.45) is 0. The minimum absolute atomic E-state index is 0.195. The first-order valence-electron chi connectivity index (χ1n) is 5.59. The Labute approximate surface area is 115 Å². The van der Waals surface area contributed by atoms with E-state index in [9.17, 15) is 4.39 Å². The second kappa shape index (κ2) is 6.27. The predicted octanol–water partition coefficient (Wildman–Crippen LogP) is 3.65. The van der Waals surface area contributed by atoms with Crippen LogP contribution in [0.15, 0.2) is 29.6 Å². The van der Waals surface area contributed by atoms with E-state index in [0.717, 1.165) is 22.8 Å². The van der Waals surface area contributed by atoms with Gasteiger partial charge in [-0.05, 0) is 24.7 Å². The highest BCUT2D eigenvalue weighted by molar-refractivity contribution is 7.09. The van der Waals surface area contributed by atoms with Crippen LogP contribution in [0.3, 0.4) is 0 Å². The summed E-state index contributed by atoms with van der Waals surface area (Å²) in [6.45, 7) is 1.45. The van der Waals surface area contributed by atoms with Crippen LogP contribution >= 0.6 is 22.9 Å². The van der Waals surface area contributed by atoms with Crippen LogP contribution in [0.1, 0.15) is 16.3 Å². The highest BCUT2D eigenvalue weighted by Crippen LogP contribution is 2.15. The zero-order chi connectivity index (χ0) is 13.0. The Morgan fingerprint density at radius 1 is 1.39 bits per heavy atom. The molecule has 18 heavy (non-hydrogen) atoms. The molecule has 5 heteroatoms. The Balaban J connectivity index is 1.94. The molecule has 1 aromatic carbocycles. The van der Waals surface area contributed by atoms with Gasteiger partial charge in [0.05, 0.1) is 18.1 Å². The van der Waals surface area contributed by atoms with Crippen molar-refractivity contribution in [1.29, 1.82) is 0 Å². The molecular formula is C13H14ClFN2S. The first-order chi connectivity index (χ1) is 8.67. The van der Waals surface area contributed by atoms with E-state index in [1.165, 1.54) is 6.07 Å². The zero-order valence-electron chi connectivity index (χ0n) is 10.1. The number of aromatic nitrogens is 1. The van der Waals surface area contributed by atoms with Crippen LogP contribution in [0.5, 0.6) is 0 Å². The zero-order valence-corrected chi connectivity index (χ0v) is 11.6. The molecule has 0 spiro atoms. The maximum Gasteiger partial charge on any atom is 0.123 e. The highest BCUT2D eigenvalue weighted by atomic mass is 35.5. The van der Waals surface area contributed by atoms with Gasteiger partial charge >= 0.3 is 0 Å². The van der Waals surface area contributed by atoms with Gasteiger partial charge in [-0.15, -0.1) is 22.9 Å². The van der Waals surface area contributed by atoms with Crippen LogP contribution in [-0.4, -0.2) is 16.9 Å². The molecule has 0 aliphatic heterocycles. The molecule has 0 atom stereocenters. The van der Waals surface area contributed by atoms with Gasteiger partial charge < -0.3 is 0 Å². The number of benzene rings is 1. The summed E-state index contributed by atoms with van der Waals surface area (Å²) in [6, 6.07) is 6.67. The molecule has 2 nitrogen and oxygen atoms in total. The molecule has 0 radical (unpaired) electrons. The Kier molecular flexibility index (Phi) is 4.69. The molecule has 2 aromatic rings. The summed E-state index contributed by atoms with van der Waals surface area (Å²) in [4.78, 5) is 6.50. The minimum atomic E-state index is -0.195. The fourth-order valence-corrected chi connectivity index (χ4v) is 2.82. The van der Waals surface area contributed by atoms with Gasteiger partial charge in [-0.3, -0.25) is 4.90 Å². The molecular weight excluding hydrogens is 271 g/mol. The number of alkyl halides is 1. The summed E-state index contributed by atoms with van der Waals surface area (Å²) < 4.78 is 13.1. The minimum Gasteiger partial charge on any atom is -0.295 e. The normalized spacial score (nSPS) is 11.1. The molecule has 0 saturated heterocycles. The smallest absolute Gasteiger partial charge is 0.123 e. The number of hydrogen-bond donors (Lipinski definition) is 0. The third-order valence-corrected chi connectivity index (χ3v) is 3.64. The van der Waals surface area contributed by atoms with Crippen LogP contribution in [0, 0.1) is 5.82 Å². The van der Waals surface area contributed by atoms with Crippen molar-refractivity contribution in [3.8, 4) is 0 Å². The van der Waals surface area contributed by atoms with Crippen molar-refractivity contribution in [3.63, 3.8) is 0 Å². The topological polar surface area (TPSA) is 16.1 Å². The number of thiazole rings is 1. The average Bonchev–Trinajstić information content (AvgIpc) is 2.76. The summed E-state index contributed by atoms with van der Waals surface area (Å²) in [5, 5.41) is 3.00. The Hall–Kier alpha value is -0.970. The summed E-state index contributed by atoms with van der Waals surface area (Å²) in [5.74, 6) is 0.254. The van der Waals surface area contributed by atoms with Gasteiger partial charge in [0, 0.05) is 11.9 Å². The molecule has 0 aliphatic rings. The van der Waals surface area contributed by atoms with E-state index in [1.807, 2.05) is 18.5 Å². The second-order valence-electron chi connectivity index (χ2n) is 4.17. The maximum atomic E-state index is 13.1. The summed E-state index contributed by atoms with van der Waals surface area (Å²) in [7, 11) is 1.99. The van der Waals surface area contributed by atoms with E-state index in [2.05, 4.69) is 9.88 Å². The lowest BCUT2D eigenvalue weighted by Gasteiger charge is -2.14. The second-order valence-corrected chi connectivity index (χ2v) is 5.38.